The minimum absolute atomic E-state index is 0.445. The van der Waals surface area contributed by atoms with E-state index in [-0.39, 0.29) is 0 Å². The number of primary amides is 1. The molecule has 0 unspecified atom stereocenters. The Morgan fingerprint density at radius 2 is 1.92 bits per heavy atom. The Morgan fingerprint density at radius 3 is 2.46 bits per heavy atom. The number of hydrogen-bond acceptors (Lipinski definition) is 1. The summed E-state index contributed by atoms with van der Waals surface area (Å²) in [5.41, 5.74) is 6.91. The van der Waals surface area contributed by atoms with Gasteiger partial charge in [0.25, 0.3) is 0 Å². The van der Waals surface area contributed by atoms with Crippen molar-refractivity contribution in [1.82, 2.24) is 0 Å². The lowest BCUT2D eigenvalue weighted by atomic mass is 10.1. The summed E-state index contributed by atoms with van der Waals surface area (Å²) in [5.74, 6) is -0.445. The lowest BCUT2D eigenvalue weighted by Gasteiger charge is -1.97. The number of rotatable bonds is 3. The van der Waals surface area contributed by atoms with Crippen LogP contribution in [0.1, 0.15) is 11.1 Å². The van der Waals surface area contributed by atoms with Crippen LogP contribution in [0.2, 0.25) is 0 Å². The molecule has 0 saturated heterocycles. The van der Waals surface area contributed by atoms with Gasteiger partial charge in [0.2, 0.25) is 5.91 Å². The van der Waals surface area contributed by atoms with Crippen LogP contribution in [0.4, 0.5) is 0 Å². The molecule has 2 heteroatoms. The molecule has 0 fully saturated rings. The molecule has 0 heterocycles. The highest BCUT2D eigenvalue weighted by atomic mass is 16.1. The number of carbonyl (C=O) groups is 1. The lowest BCUT2D eigenvalue weighted by Crippen LogP contribution is -2.05. The average Bonchev–Trinajstić information content (AvgIpc) is 2.15. The Bertz CT molecular complexity index is 353. The number of nitrogens with two attached hydrogens (primary N) is 1. The number of amides is 1. The van der Waals surface area contributed by atoms with Gasteiger partial charge in [0.1, 0.15) is 0 Å². The van der Waals surface area contributed by atoms with E-state index in [1.54, 1.807) is 12.2 Å². The van der Waals surface area contributed by atoms with Crippen LogP contribution in [-0.2, 0) is 4.79 Å². The van der Waals surface area contributed by atoms with Crippen molar-refractivity contribution in [2.45, 2.75) is 0 Å². The summed E-state index contributed by atoms with van der Waals surface area (Å²) in [6.45, 7) is 3.67. The molecule has 2 nitrogen and oxygen atoms in total. The van der Waals surface area contributed by atoms with Crippen molar-refractivity contribution in [3.05, 3.63) is 48.0 Å². The van der Waals surface area contributed by atoms with E-state index in [0.29, 0.717) is 0 Å². The fourth-order valence-corrected chi connectivity index (χ4v) is 1.02. The van der Waals surface area contributed by atoms with Gasteiger partial charge < -0.3 is 5.73 Å². The van der Waals surface area contributed by atoms with Crippen LogP contribution in [0.3, 0.4) is 0 Å². The van der Waals surface area contributed by atoms with Gasteiger partial charge in [-0.25, -0.2) is 0 Å². The zero-order chi connectivity index (χ0) is 9.68. The molecule has 0 aliphatic rings. The second kappa shape index (κ2) is 4.26. The first-order valence-electron chi connectivity index (χ1n) is 3.93. The van der Waals surface area contributed by atoms with Gasteiger partial charge in [-0.15, -0.1) is 0 Å². The predicted octanol–water partition coefficient (Wildman–Crippen LogP) is 1.83. The maximum atomic E-state index is 10.5. The van der Waals surface area contributed by atoms with Crippen molar-refractivity contribution >= 4 is 18.1 Å². The molecule has 66 valence electrons. The Hall–Kier alpha value is -1.83. The van der Waals surface area contributed by atoms with Crippen LogP contribution >= 0.6 is 0 Å². The molecule has 1 rings (SSSR count). The van der Waals surface area contributed by atoms with E-state index in [9.17, 15) is 4.79 Å². The lowest BCUT2D eigenvalue weighted by molar-refractivity contribution is -0.113. The van der Waals surface area contributed by atoms with E-state index < -0.39 is 5.91 Å². The van der Waals surface area contributed by atoms with Crippen LogP contribution < -0.4 is 5.73 Å². The Labute approximate surface area is 77.4 Å². The normalized spacial score (nSPS) is 10.2. The van der Waals surface area contributed by atoms with Crippen LogP contribution in [0, 0.1) is 0 Å². The topological polar surface area (TPSA) is 43.1 Å². The molecule has 2 N–H and O–H groups in total. The van der Waals surface area contributed by atoms with E-state index in [1.165, 1.54) is 6.08 Å². The highest BCUT2D eigenvalue weighted by Crippen LogP contribution is 2.11. The van der Waals surface area contributed by atoms with Crippen molar-refractivity contribution in [3.63, 3.8) is 0 Å². The summed E-state index contributed by atoms with van der Waals surface area (Å²) in [5, 5.41) is 0. The molecule has 0 aliphatic carbocycles. The molecule has 1 aromatic rings. The number of hydrogen-bond donors (Lipinski definition) is 1. The van der Waals surface area contributed by atoms with Gasteiger partial charge in [-0.1, -0.05) is 36.9 Å². The Morgan fingerprint density at radius 1 is 1.31 bits per heavy atom. The first kappa shape index (κ1) is 9.26. The first-order chi connectivity index (χ1) is 6.24. The van der Waals surface area contributed by atoms with Gasteiger partial charge in [-0.2, -0.15) is 0 Å². The molecule has 0 aromatic heterocycles. The van der Waals surface area contributed by atoms with Crippen molar-refractivity contribution < 1.29 is 4.79 Å². The van der Waals surface area contributed by atoms with E-state index in [0.717, 1.165) is 11.1 Å². The Balaban J connectivity index is 3.00. The van der Waals surface area contributed by atoms with Crippen LogP contribution in [0.25, 0.3) is 12.2 Å². The first-order valence-corrected chi connectivity index (χ1v) is 3.93. The third-order valence-corrected chi connectivity index (χ3v) is 1.64. The number of carbonyl (C=O) groups excluding carboxylic acids is 1. The summed E-state index contributed by atoms with van der Waals surface area (Å²) in [7, 11) is 0. The average molecular weight is 173 g/mol. The van der Waals surface area contributed by atoms with Crippen molar-refractivity contribution in [3.8, 4) is 0 Å². The second-order valence-corrected chi connectivity index (χ2v) is 2.57. The summed E-state index contributed by atoms with van der Waals surface area (Å²) >= 11 is 0. The van der Waals surface area contributed by atoms with Crippen LogP contribution in [0.5, 0.6) is 0 Å². The molecule has 1 amide bonds. The van der Waals surface area contributed by atoms with Gasteiger partial charge in [0.15, 0.2) is 0 Å². The quantitative estimate of drug-likeness (QED) is 0.696. The largest absolute Gasteiger partial charge is 0.366 e. The zero-order valence-corrected chi connectivity index (χ0v) is 7.23. The fraction of sp³-hybridized carbons (Fsp3) is 0. The minimum atomic E-state index is -0.445. The van der Waals surface area contributed by atoms with Crippen molar-refractivity contribution in [1.29, 1.82) is 0 Å². The monoisotopic (exact) mass is 173 g/mol. The summed E-state index contributed by atoms with van der Waals surface area (Å²) in [4.78, 5) is 10.5. The van der Waals surface area contributed by atoms with Crippen LogP contribution in [0.15, 0.2) is 36.9 Å². The predicted molar refractivity (Wildman–Crippen MR) is 54.8 cm³/mol. The molecule has 0 bridgehead atoms. The maximum absolute atomic E-state index is 10.5. The van der Waals surface area contributed by atoms with Gasteiger partial charge in [-0.3, -0.25) is 4.79 Å². The van der Waals surface area contributed by atoms with E-state index in [2.05, 4.69) is 6.58 Å². The van der Waals surface area contributed by atoms with E-state index in [4.69, 9.17) is 5.73 Å². The standard InChI is InChI=1S/C11H11NO/c1-2-9-5-3-4-6-10(9)7-8-11(12)13/h2-8H,1H2,(H2,12,13). The van der Waals surface area contributed by atoms with Crippen LogP contribution in [-0.4, -0.2) is 5.91 Å². The van der Waals surface area contributed by atoms with E-state index >= 15 is 0 Å². The van der Waals surface area contributed by atoms with Gasteiger partial charge in [0, 0.05) is 6.08 Å². The highest BCUT2D eigenvalue weighted by Gasteiger charge is 1.92. The molecule has 0 spiro atoms. The molecular formula is C11H11NO. The summed E-state index contributed by atoms with van der Waals surface area (Å²) in [6, 6.07) is 7.64. The third-order valence-electron chi connectivity index (χ3n) is 1.64. The SMILES string of the molecule is C=Cc1ccccc1C=CC(N)=O. The Kier molecular flexibility index (Phi) is 3.03. The maximum Gasteiger partial charge on any atom is 0.241 e. The molecule has 0 saturated carbocycles. The van der Waals surface area contributed by atoms with Crippen molar-refractivity contribution in [2.75, 3.05) is 0 Å². The van der Waals surface area contributed by atoms with Gasteiger partial charge in [0.05, 0.1) is 0 Å². The number of benzene rings is 1. The summed E-state index contributed by atoms with van der Waals surface area (Å²) < 4.78 is 0. The molecule has 1 aromatic carbocycles. The molecule has 0 aliphatic heterocycles. The minimum Gasteiger partial charge on any atom is -0.366 e. The smallest absolute Gasteiger partial charge is 0.241 e. The molecule has 0 atom stereocenters. The van der Waals surface area contributed by atoms with Gasteiger partial charge >= 0.3 is 0 Å². The molecule has 0 radical (unpaired) electrons. The summed E-state index contributed by atoms with van der Waals surface area (Å²) in [6.07, 6.45) is 4.75. The zero-order valence-electron chi connectivity index (χ0n) is 7.23. The highest BCUT2D eigenvalue weighted by molar-refractivity contribution is 5.90. The second-order valence-electron chi connectivity index (χ2n) is 2.57. The van der Waals surface area contributed by atoms with Gasteiger partial charge in [-0.05, 0) is 17.2 Å². The van der Waals surface area contributed by atoms with Crippen molar-refractivity contribution in [2.24, 2.45) is 5.73 Å². The third kappa shape index (κ3) is 2.60. The molecular weight excluding hydrogens is 162 g/mol. The molecule has 13 heavy (non-hydrogen) atoms. The van der Waals surface area contributed by atoms with E-state index in [1.807, 2.05) is 24.3 Å². The fourth-order valence-electron chi connectivity index (χ4n) is 1.02.